The smallest absolute Gasteiger partial charge is 0.409 e. The molecule has 0 bridgehead atoms. The van der Waals surface area contributed by atoms with Crippen molar-refractivity contribution in [3.63, 3.8) is 0 Å². The van der Waals surface area contributed by atoms with Gasteiger partial charge in [-0.3, -0.25) is 5.32 Å². The lowest BCUT2D eigenvalue weighted by molar-refractivity contribution is 0.00695. The van der Waals surface area contributed by atoms with Gasteiger partial charge in [0.2, 0.25) is 0 Å². The Morgan fingerprint density at radius 3 is 2.39 bits per heavy atom. The number of ether oxygens (including phenoxy) is 1. The van der Waals surface area contributed by atoms with Crippen LogP contribution in [0.25, 0.3) is 0 Å². The number of anilines is 1. The van der Waals surface area contributed by atoms with Gasteiger partial charge >= 0.3 is 12.1 Å². The number of esters is 1. The fourth-order valence-corrected chi connectivity index (χ4v) is 1.48. The molecule has 0 aromatic heterocycles. The SMILES string of the molecule is CC(C)(C)OC(=O)c1cc(Cl)cc(NC(=O)O)c1. The number of nitrogens with one attached hydrogen (secondary N) is 1. The number of carbonyl (C=O) groups is 2. The van der Waals surface area contributed by atoms with Gasteiger partial charge in [-0.05, 0) is 39.0 Å². The van der Waals surface area contributed by atoms with Gasteiger partial charge in [0.25, 0.3) is 0 Å². The molecule has 0 unspecified atom stereocenters. The predicted molar refractivity (Wildman–Crippen MR) is 68.3 cm³/mol. The number of hydrogen-bond acceptors (Lipinski definition) is 3. The van der Waals surface area contributed by atoms with E-state index in [1.54, 1.807) is 20.8 Å². The van der Waals surface area contributed by atoms with E-state index in [0.29, 0.717) is 0 Å². The van der Waals surface area contributed by atoms with Gasteiger partial charge in [0, 0.05) is 10.7 Å². The van der Waals surface area contributed by atoms with E-state index in [4.69, 9.17) is 21.4 Å². The molecule has 0 aliphatic heterocycles. The lowest BCUT2D eigenvalue weighted by atomic mass is 10.1. The van der Waals surface area contributed by atoms with Crippen LogP contribution < -0.4 is 5.32 Å². The second kappa shape index (κ2) is 5.27. The summed E-state index contributed by atoms with van der Waals surface area (Å²) >= 11 is 5.81. The van der Waals surface area contributed by atoms with Gasteiger partial charge in [0.1, 0.15) is 5.60 Å². The van der Waals surface area contributed by atoms with E-state index in [2.05, 4.69) is 5.32 Å². The minimum absolute atomic E-state index is 0.196. The Morgan fingerprint density at radius 1 is 1.28 bits per heavy atom. The van der Waals surface area contributed by atoms with E-state index in [-0.39, 0.29) is 16.3 Å². The van der Waals surface area contributed by atoms with Crippen LogP contribution in [-0.4, -0.2) is 22.8 Å². The van der Waals surface area contributed by atoms with Crippen LogP contribution in [0.4, 0.5) is 10.5 Å². The molecular weight excluding hydrogens is 258 g/mol. The first-order chi connectivity index (χ1) is 8.17. The molecule has 1 amide bonds. The maximum absolute atomic E-state index is 11.8. The Labute approximate surface area is 110 Å². The largest absolute Gasteiger partial charge is 0.465 e. The topological polar surface area (TPSA) is 75.6 Å². The molecule has 0 fully saturated rings. The third-order valence-electron chi connectivity index (χ3n) is 1.78. The Hall–Kier alpha value is -1.75. The number of rotatable bonds is 2. The molecule has 0 heterocycles. The lowest BCUT2D eigenvalue weighted by Crippen LogP contribution is -2.24. The van der Waals surface area contributed by atoms with Crippen molar-refractivity contribution in [3.8, 4) is 0 Å². The number of carboxylic acid groups (broad SMARTS) is 1. The van der Waals surface area contributed by atoms with Crippen LogP contribution in [0.2, 0.25) is 5.02 Å². The third-order valence-corrected chi connectivity index (χ3v) is 2.00. The zero-order valence-electron chi connectivity index (χ0n) is 10.3. The molecule has 1 rings (SSSR count). The monoisotopic (exact) mass is 271 g/mol. The molecule has 18 heavy (non-hydrogen) atoms. The van der Waals surface area contributed by atoms with Crippen molar-refractivity contribution in [2.45, 2.75) is 26.4 Å². The zero-order chi connectivity index (χ0) is 13.9. The molecule has 0 saturated heterocycles. The van der Waals surface area contributed by atoms with Gasteiger partial charge in [-0.25, -0.2) is 9.59 Å². The summed E-state index contributed by atoms with van der Waals surface area (Å²) in [7, 11) is 0. The highest BCUT2D eigenvalue weighted by atomic mass is 35.5. The van der Waals surface area contributed by atoms with Gasteiger partial charge in [-0.2, -0.15) is 0 Å². The first-order valence-electron chi connectivity index (χ1n) is 5.21. The van der Waals surface area contributed by atoms with Gasteiger partial charge in [0.05, 0.1) is 5.56 Å². The summed E-state index contributed by atoms with van der Waals surface area (Å²) < 4.78 is 5.17. The summed E-state index contributed by atoms with van der Waals surface area (Å²) in [5.41, 5.74) is -0.211. The van der Waals surface area contributed by atoms with Gasteiger partial charge in [-0.15, -0.1) is 0 Å². The highest BCUT2D eigenvalue weighted by Crippen LogP contribution is 2.21. The van der Waals surface area contributed by atoms with Crippen molar-refractivity contribution in [3.05, 3.63) is 28.8 Å². The van der Waals surface area contributed by atoms with Gasteiger partial charge in [0.15, 0.2) is 0 Å². The first kappa shape index (κ1) is 14.3. The van der Waals surface area contributed by atoms with Crippen LogP contribution in [0, 0.1) is 0 Å². The third kappa shape index (κ3) is 4.63. The van der Waals surface area contributed by atoms with Crippen LogP contribution in [-0.2, 0) is 4.74 Å². The summed E-state index contributed by atoms with van der Waals surface area (Å²) in [5, 5.41) is 11.0. The van der Waals surface area contributed by atoms with Crippen molar-refractivity contribution in [2.24, 2.45) is 0 Å². The van der Waals surface area contributed by atoms with E-state index < -0.39 is 17.7 Å². The molecule has 0 aliphatic rings. The normalized spacial score (nSPS) is 10.9. The fourth-order valence-electron chi connectivity index (χ4n) is 1.24. The maximum Gasteiger partial charge on any atom is 0.409 e. The molecule has 98 valence electrons. The summed E-state index contributed by atoms with van der Waals surface area (Å²) in [6, 6.07) is 4.19. The van der Waals surface area contributed by atoms with E-state index in [1.807, 2.05) is 0 Å². The predicted octanol–water partition coefficient (Wildman–Crippen LogP) is 3.39. The van der Waals surface area contributed by atoms with E-state index in [1.165, 1.54) is 18.2 Å². The molecule has 0 radical (unpaired) electrons. The van der Waals surface area contributed by atoms with Crippen molar-refractivity contribution in [2.75, 3.05) is 5.32 Å². The summed E-state index contributed by atoms with van der Waals surface area (Å²) in [6.45, 7) is 5.23. The Kier molecular flexibility index (Phi) is 4.19. The molecule has 0 atom stereocenters. The minimum Gasteiger partial charge on any atom is -0.465 e. The van der Waals surface area contributed by atoms with Crippen molar-refractivity contribution in [1.29, 1.82) is 0 Å². The number of carbonyl (C=O) groups excluding carboxylic acids is 1. The van der Waals surface area contributed by atoms with Crippen LogP contribution in [0.3, 0.4) is 0 Å². The minimum atomic E-state index is -1.23. The molecule has 2 N–H and O–H groups in total. The Balaban J connectivity index is 2.99. The van der Waals surface area contributed by atoms with E-state index in [9.17, 15) is 9.59 Å². The average Bonchev–Trinajstić information content (AvgIpc) is 2.12. The van der Waals surface area contributed by atoms with E-state index in [0.717, 1.165) is 0 Å². The van der Waals surface area contributed by atoms with Crippen molar-refractivity contribution >= 4 is 29.4 Å². The molecule has 0 spiro atoms. The maximum atomic E-state index is 11.8. The van der Waals surface area contributed by atoms with Crippen molar-refractivity contribution < 1.29 is 19.4 Å². The fraction of sp³-hybridized carbons (Fsp3) is 0.333. The Bertz CT molecular complexity index is 479. The van der Waals surface area contributed by atoms with E-state index >= 15 is 0 Å². The highest BCUT2D eigenvalue weighted by Gasteiger charge is 2.18. The standard InChI is InChI=1S/C12H14ClNO4/c1-12(2,3)18-10(15)7-4-8(13)6-9(5-7)14-11(16)17/h4-6,14H,1-3H3,(H,16,17). The summed E-state index contributed by atoms with van der Waals surface area (Å²) in [4.78, 5) is 22.3. The second-order valence-electron chi connectivity index (χ2n) is 4.66. The number of amides is 1. The van der Waals surface area contributed by atoms with Crippen LogP contribution >= 0.6 is 11.6 Å². The second-order valence-corrected chi connectivity index (χ2v) is 5.10. The molecule has 1 aromatic rings. The Morgan fingerprint density at radius 2 is 1.89 bits per heavy atom. The quantitative estimate of drug-likeness (QED) is 0.809. The molecule has 6 heteroatoms. The van der Waals surface area contributed by atoms with Crippen molar-refractivity contribution in [1.82, 2.24) is 0 Å². The van der Waals surface area contributed by atoms with Gasteiger partial charge < -0.3 is 9.84 Å². The molecular formula is C12H14ClNO4. The average molecular weight is 272 g/mol. The van der Waals surface area contributed by atoms with Crippen LogP contribution in [0.1, 0.15) is 31.1 Å². The van der Waals surface area contributed by atoms with Gasteiger partial charge in [-0.1, -0.05) is 11.6 Å². The summed E-state index contributed by atoms with van der Waals surface area (Å²) in [5.74, 6) is -0.557. The first-order valence-corrected chi connectivity index (χ1v) is 5.59. The molecule has 1 aromatic carbocycles. The zero-order valence-corrected chi connectivity index (χ0v) is 11.0. The van der Waals surface area contributed by atoms with Crippen LogP contribution in [0.5, 0.6) is 0 Å². The molecule has 0 saturated carbocycles. The number of benzene rings is 1. The lowest BCUT2D eigenvalue weighted by Gasteiger charge is -2.19. The highest BCUT2D eigenvalue weighted by molar-refractivity contribution is 6.31. The number of hydrogen-bond donors (Lipinski definition) is 2. The molecule has 5 nitrogen and oxygen atoms in total. The van der Waals surface area contributed by atoms with Crippen LogP contribution in [0.15, 0.2) is 18.2 Å². The molecule has 0 aliphatic carbocycles. The summed E-state index contributed by atoms with van der Waals surface area (Å²) in [6.07, 6.45) is -1.23. The number of halogens is 1.